The Balaban J connectivity index is 2.56. The van der Waals surface area contributed by atoms with E-state index in [1.165, 1.54) is 30.4 Å². The second-order valence-corrected chi connectivity index (χ2v) is 5.35. The van der Waals surface area contributed by atoms with E-state index in [0.29, 0.717) is 0 Å². The van der Waals surface area contributed by atoms with E-state index in [-0.39, 0.29) is 0 Å². The predicted octanol–water partition coefficient (Wildman–Crippen LogP) is 4.51. The Hall–Kier alpha value is -0.820. The molecule has 18 heavy (non-hydrogen) atoms. The normalized spacial score (nSPS) is 11.8. The minimum atomic E-state index is -0.473. The quantitative estimate of drug-likeness (QED) is 0.717. The lowest BCUT2D eigenvalue weighted by molar-refractivity contribution is 0.0239. The van der Waals surface area contributed by atoms with Crippen LogP contribution in [-0.2, 0) is 12.8 Å². The Morgan fingerprint density at radius 1 is 1.00 bits per heavy atom. The highest BCUT2D eigenvalue weighted by Crippen LogP contribution is 2.22. The molecule has 0 unspecified atom stereocenters. The van der Waals surface area contributed by atoms with Gasteiger partial charge in [0, 0.05) is 0 Å². The number of hydrogen-bond donors (Lipinski definition) is 1. The van der Waals surface area contributed by atoms with Gasteiger partial charge in [-0.3, -0.25) is 0 Å². The smallest absolute Gasteiger partial charge is 0.0645 e. The summed E-state index contributed by atoms with van der Waals surface area (Å²) < 4.78 is 0. The van der Waals surface area contributed by atoms with Crippen LogP contribution in [-0.4, -0.2) is 10.7 Å². The molecule has 0 saturated heterocycles. The van der Waals surface area contributed by atoms with Crippen LogP contribution in [0.15, 0.2) is 24.3 Å². The average molecular weight is 248 g/mol. The summed E-state index contributed by atoms with van der Waals surface area (Å²) in [6, 6.07) is 8.85. The van der Waals surface area contributed by atoms with E-state index in [1.807, 2.05) is 0 Å². The summed E-state index contributed by atoms with van der Waals surface area (Å²) in [5.41, 5.74) is 2.33. The number of rotatable bonds is 8. The number of unbranched alkanes of at least 4 members (excludes halogenated alkanes) is 1. The highest BCUT2D eigenvalue weighted by molar-refractivity contribution is 5.24. The van der Waals surface area contributed by atoms with Gasteiger partial charge in [-0.15, -0.1) is 0 Å². The maximum atomic E-state index is 10.3. The van der Waals surface area contributed by atoms with Gasteiger partial charge in [0.1, 0.15) is 0 Å². The lowest BCUT2D eigenvalue weighted by atomic mass is 9.89. The molecule has 0 atom stereocenters. The van der Waals surface area contributed by atoms with Crippen LogP contribution in [0.25, 0.3) is 0 Å². The molecule has 1 aromatic rings. The molecule has 102 valence electrons. The molecule has 0 fully saturated rings. The van der Waals surface area contributed by atoms with Crippen molar-refractivity contribution in [2.75, 3.05) is 0 Å². The van der Waals surface area contributed by atoms with Gasteiger partial charge in [-0.05, 0) is 49.7 Å². The van der Waals surface area contributed by atoms with Crippen LogP contribution in [0.1, 0.15) is 64.0 Å². The zero-order valence-electron chi connectivity index (χ0n) is 12.2. The second kappa shape index (κ2) is 7.58. The van der Waals surface area contributed by atoms with Gasteiger partial charge < -0.3 is 5.11 Å². The molecule has 1 aromatic carbocycles. The minimum absolute atomic E-state index is 0.473. The van der Waals surface area contributed by atoms with E-state index in [4.69, 9.17) is 0 Å². The first-order chi connectivity index (χ1) is 8.63. The van der Waals surface area contributed by atoms with Gasteiger partial charge in [-0.2, -0.15) is 0 Å². The second-order valence-electron chi connectivity index (χ2n) is 5.35. The van der Waals surface area contributed by atoms with E-state index in [0.717, 1.165) is 25.7 Å². The highest BCUT2D eigenvalue weighted by atomic mass is 16.3. The van der Waals surface area contributed by atoms with Crippen LogP contribution >= 0.6 is 0 Å². The van der Waals surface area contributed by atoms with Crippen LogP contribution in [0.5, 0.6) is 0 Å². The Morgan fingerprint density at radius 2 is 1.61 bits per heavy atom. The summed E-state index contributed by atoms with van der Waals surface area (Å²) in [6.07, 6.45) is 7.23. The summed E-state index contributed by atoms with van der Waals surface area (Å²) in [5, 5.41) is 10.3. The molecule has 0 bridgehead atoms. The summed E-state index contributed by atoms with van der Waals surface area (Å²) >= 11 is 0. The first-order valence-corrected chi connectivity index (χ1v) is 7.43. The third-order valence-corrected chi connectivity index (χ3v) is 4.01. The van der Waals surface area contributed by atoms with Gasteiger partial charge in [0.15, 0.2) is 0 Å². The fourth-order valence-electron chi connectivity index (χ4n) is 2.30. The SMILES string of the molecule is CCCCc1cccc(CCC(O)(CC)CC)c1. The monoisotopic (exact) mass is 248 g/mol. The van der Waals surface area contributed by atoms with Gasteiger partial charge in [0.05, 0.1) is 5.60 Å². The Bertz CT molecular complexity index is 339. The van der Waals surface area contributed by atoms with Crippen LogP contribution in [0.2, 0.25) is 0 Å². The molecule has 0 amide bonds. The standard InChI is InChI=1S/C17H28O/c1-4-7-9-15-10-8-11-16(14-15)12-13-17(18,5-2)6-3/h8,10-11,14,18H,4-7,9,12-13H2,1-3H3. The van der Waals surface area contributed by atoms with Crippen molar-refractivity contribution in [3.8, 4) is 0 Å². The number of benzene rings is 1. The number of aliphatic hydroxyl groups is 1. The van der Waals surface area contributed by atoms with Gasteiger partial charge >= 0.3 is 0 Å². The Morgan fingerprint density at radius 3 is 2.17 bits per heavy atom. The van der Waals surface area contributed by atoms with Crippen molar-refractivity contribution in [3.63, 3.8) is 0 Å². The van der Waals surface area contributed by atoms with Crippen molar-refractivity contribution >= 4 is 0 Å². The van der Waals surface area contributed by atoms with E-state index in [2.05, 4.69) is 45.0 Å². The number of aryl methyl sites for hydroxylation is 2. The van der Waals surface area contributed by atoms with E-state index < -0.39 is 5.60 Å². The fourth-order valence-corrected chi connectivity index (χ4v) is 2.30. The van der Waals surface area contributed by atoms with Crippen LogP contribution in [0.4, 0.5) is 0 Å². The van der Waals surface area contributed by atoms with E-state index in [1.54, 1.807) is 0 Å². The van der Waals surface area contributed by atoms with Crippen LogP contribution < -0.4 is 0 Å². The van der Waals surface area contributed by atoms with Crippen molar-refractivity contribution in [1.29, 1.82) is 0 Å². The molecule has 0 radical (unpaired) electrons. The molecule has 1 N–H and O–H groups in total. The molecule has 1 heteroatoms. The summed E-state index contributed by atoms with van der Waals surface area (Å²) in [4.78, 5) is 0. The molecule has 0 saturated carbocycles. The van der Waals surface area contributed by atoms with Crippen LogP contribution in [0.3, 0.4) is 0 Å². The third kappa shape index (κ3) is 4.81. The lowest BCUT2D eigenvalue weighted by Gasteiger charge is -2.25. The summed E-state index contributed by atoms with van der Waals surface area (Å²) in [5.74, 6) is 0. The largest absolute Gasteiger partial charge is 0.390 e. The molecule has 1 rings (SSSR count). The first-order valence-electron chi connectivity index (χ1n) is 7.43. The summed E-state index contributed by atoms with van der Waals surface area (Å²) in [6.45, 7) is 6.37. The highest BCUT2D eigenvalue weighted by Gasteiger charge is 2.21. The zero-order chi connectivity index (χ0) is 13.4. The van der Waals surface area contributed by atoms with E-state index >= 15 is 0 Å². The first kappa shape index (κ1) is 15.2. The van der Waals surface area contributed by atoms with Crippen molar-refractivity contribution in [3.05, 3.63) is 35.4 Å². The molecule has 0 heterocycles. The fraction of sp³-hybridized carbons (Fsp3) is 0.647. The Labute approximate surface area is 112 Å². The Kier molecular flexibility index (Phi) is 6.42. The van der Waals surface area contributed by atoms with Gasteiger partial charge in [-0.25, -0.2) is 0 Å². The van der Waals surface area contributed by atoms with E-state index in [9.17, 15) is 5.11 Å². The third-order valence-electron chi connectivity index (χ3n) is 4.01. The van der Waals surface area contributed by atoms with Crippen molar-refractivity contribution < 1.29 is 5.11 Å². The molecule has 0 aromatic heterocycles. The molecule has 0 spiro atoms. The lowest BCUT2D eigenvalue weighted by Crippen LogP contribution is -2.27. The van der Waals surface area contributed by atoms with Crippen LogP contribution in [0, 0.1) is 0 Å². The van der Waals surface area contributed by atoms with Gasteiger partial charge in [0.25, 0.3) is 0 Å². The van der Waals surface area contributed by atoms with Crippen molar-refractivity contribution in [2.24, 2.45) is 0 Å². The molecule has 1 nitrogen and oxygen atoms in total. The molecule has 0 aliphatic rings. The molecule has 0 aliphatic carbocycles. The predicted molar refractivity (Wildman–Crippen MR) is 78.9 cm³/mol. The number of hydrogen-bond acceptors (Lipinski definition) is 1. The summed E-state index contributed by atoms with van der Waals surface area (Å²) in [7, 11) is 0. The minimum Gasteiger partial charge on any atom is -0.390 e. The molecular weight excluding hydrogens is 220 g/mol. The maximum Gasteiger partial charge on any atom is 0.0645 e. The van der Waals surface area contributed by atoms with Gasteiger partial charge in [-0.1, -0.05) is 51.5 Å². The zero-order valence-corrected chi connectivity index (χ0v) is 12.2. The maximum absolute atomic E-state index is 10.3. The van der Waals surface area contributed by atoms with Crippen molar-refractivity contribution in [1.82, 2.24) is 0 Å². The van der Waals surface area contributed by atoms with Crippen molar-refractivity contribution in [2.45, 2.75) is 71.3 Å². The molecule has 0 aliphatic heterocycles. The average Bonchev–Trinajstić information content (AvgIpc) is 2.43. The molecular formula is C17H28O. The van der Waals surface area contributed by atoms with Gasteiger partial charge in [0.2, 0.25) is 0 Å². The topological polar surface area (TPSA) is 20.2 Å².